The van der Waals surface area contributed by atoms with Crippen LogP contribution in [-0.4, -0.2) is 11.6 Å². The van der Waals surface area contributed by atoms with Gasteiger partial charge in [0.1, 0.15) is 11.5 Å². The van der Waals surface area contributed by atoms with Gasteiger partial charge >= 0.3 is 0 Å². The molecule has 0 spiro atoms. The molecular weight excluding hydrogens is 240 g/mol. The average molecular weight is 258 g/mol. The third kappa shape index (κ3) is 3.61. The number of benzene rings is 1. The Morgan fingerprint density at radius 3 is 2.47 bits per heavy atom. The molecule has 4 heteroatoms. The lowest BCUT2D eigenvalue weighted by Crippen LogP contribution is -1.96. The highest BCUT2D eigenvalue weighted by atomic mass is 16.5. The molecule has 2 aromatic rings. The molecule has 0 atom stereocenters. The third-order valence-electron chi connectivity index (χ3n) is 2.53. The van der Waals surface area contributed by atoms with E-state index in [0.29, 0.717) is 23.9 Å². The maximum Gasteiger partial charge on any atom is 0.242 e. The zero-order chi connectivity index (χ0) is 13.7. The van der Waals surface area contributed by atoms with E-state index in [1.807, 2.05) is 37.3 Å². The maximum atomic E-state index is 5.85. The second-order valence-electron chi connectivity index (χ2n) is 4.33. The number of ether oxygens (including phenoxy) is 2. The number of nitrogens with zero attached hydrogens (tertiary/aromatic N) is 1. The average Bonchev–Trinajstić information content (AvgIpc) is 2.41. The van der Waals surface area contributed by atoms with Crippen LogP contribution < -0.4 is 15.2 Å². The molecule has 19 heavy (non-hydrogen) atoms. The lowest BCUT2D eigenvalue weighted by molar-refractivity contribution is 0.317. The minimum Gasteiger partial charge on any atom is -0.494 e. The van der Waals surface area contributed by atoms with Gasteiger partial charge in [-0.3, -0.25) is 0 Å². The van der Waals surface area contributed by atoms with E-state index in [1.165, 1.54) is 0 Å². The molecule has 0 radical (unpaired) electrons. The van der Waals surface area contributed by atoms with Crippen molar-refractivity contribution in [3.05, 3.63) is 42.1 Å². The molecule has 0 fully saturated rings. The Morgan fingerprint density at radius 1 is 1.16 bits per heavy atom. The number of aromatic nitrogens is 1. The molecule has 0 saturated carbocycles. The van der Waals surface area contributed by atoms with Gasteiger partial charge in [-0.05, 0) is 49.2 Å². The van der Waals surface area contributed by atoms with Crippen LogP contribution in [0.5, 0.6) is 17.4 Å². The van der Waals surface area contributed by atoms with Gasteiger partial charge in [0.15, 0.2) is 0 Å². The molecular formula is C15H18N2O2. The smallest absolute Gasteiger partial charge is 0.242 e. The number of nitrogen functional groups attached to an aromatic ring is 1. The summed E-state index contributed by atoms with van der Waals surface area (Å²) in [5.74, 6) is 1.94. The van der Waals surface area contributed by atoms with Crippen LogP contribution in [0.3, 0.4) is 0 Å². The first-order valence-electron chi connectivity index (χ1n) is 6.32. The summed E-state index contributed by atoms with van der Waals surface area (Å²) in [5, 5.41) is 0. The summed E-state index contributed by atoms with van der Waals surface area (Å²) < 4.78 is 11.1. The van der Waals surface area contributed by atoms with Crippen molar-refractivity contribution in [2.75, 3.05) is 12.3 Å². The summed E-state index contributed by atoms with van der Waals surface area (Å²) >= 11 is 0. The lowest BCUT2D eigenvalue weighted by Gasteiger charge is -2.09. The van der Waals surface area contributed by atoms with Gasteiger partial charge in [-0.1, -0.05) is 6.92 Å². The fraction of sp³-hybridized carbons (Fsp3) is 0.267. The van der Waals surface area contributed by atoms with Crippen LogP contribution in [0.2, 0.25) is 0 Å². The van der Waals surface area contributed by atoms with Crippen molar-refractivity contribution in [3.63, 3.8) is 0 Å². The molecule has 1 heterocycles. The van der Waals surface area contributed by atoms with Crippen LogP contribution in [0.4, 0.5) is 5.69 Å². The number of nitrogens with two attached hydrogens (primary N) is 1. The monoisotopic (exact) mass is 258 g/mol. The predicted octanol–water partition coefficient (Wildman–Crippen LogP) is 3.55. The summed E-state index contributed by atoms with van der Waals surface area (Å²) in [6, 6.07) is 9.25. The van der Waals surface area contributed by atoms with Gasteiger partial charge in [-0.15, -0.1) is 0 Å². The van der Waals surface area contributed by atoms with Crippen LogP contribution in [0.1, 0.15) is 18.9 Å². The van der Waals surface area contributed by atoms with Crippen molar-refractivity contribution in [2.24, 2.45) is 0 Å². The number of rotatable bonds is 5. The lowest BCUT2D eigenvalue weighted by atomic mass is 10.3. The Balaban J connectivity index is 2.06. The van der Waals surface area contributed by atoms with Crippen molar-refractivity contribution in [1.29, 1.82) is 0 Å². The molecule has 100 valence electrons. The van der Waals surface area contributed by atoms with E-state index in [-0.39, 0.29) is 0 Å². The number of pyridine rings is 1. The van der Waals surface area contributed by atoms with Gasteiger partial charge in [0.2, 0.25) is 5.88 Å². The minimum absolute atomic E-state index is 0.424. The van der Waals surface area contributed by atoms with Crippen molar-refractivity contribution < 1.29 is 9.47 Å². The standard InChI is InChI=1S/C15H18N2O2/c1-3-8-18-12-4-6-13(7-5-12)19-15-14(16)9-11(2)10-17-15/h4-7,9-10H,3,8,16H2,1-2H3. The van der Waals surface area contributed by atoms with Crippen molar-refractivity contribution in [1.82, 2.24) is 4.98 Å². The van der Waals surface area contributed by atoms with Crippen LogP contribution in [-0.2, 0) is 0 Å². The quantitative estimate of drug-likeness (QED) is 0.891. The fourth-order valence-electron chi connectivity index (χ4n) is 1.60. The van der Waals surface area contributed by atoms with Gasteiger partial charge in [0.05, 0.1) is 12.3 Å². The van der Waals surface area contributed by atoms with Gasteiger partial charge in [0, 0.05) is 6.20 Å². The maximum absolute atomic E-state index is 5.85. The van der Waals surface area contributed by atoms with E-state index < -0.39 is 0 Å². The number of aryl methyl sites for hydroxylation is 1. The molecule has 0 saturated heterocycles. The normalized spacial score (nSPS) is 10.2. The molecule has 1 aromatic carbocycles. The second kappa shape index (κ2) is 6.09. The van der Waals surface area contributed by atoms with Crippen molar-refractivity contribution >= 4 is 5.69 Å². The SMILES string of the molecule is CCCOc1ccc(Oc2ncc(C)cc2N)cc1. The van der Waals surface area contributed by atoms with Crippen LogP contribution >= 0.6 is 0 Å². The highest BCUT2D eigenvalue weighted by Gasteiger charge is 2.04. The van der Waals surface area contributed by atoms with Crippen molar-refractivity contribution in [2.45, 2.75) is 20.3 Å². The summed E-state index contributed by atoms with van der Waals surface area (Å²) in [6.45, 7) is 4.73. The number of anilines is 1. The molecule has 0 unspecified atom stereocenters. The molecule has 0 aliphatic heterocycles. The first-order chi connectivity index (χ1) is 9.19. The molecule has 0 amide bonds. The Hall–Kier alpha value is -2.23. The van der Waals surface area contributed by atoms with Gasteiger partial charge in [-0.25, -0.2) is 4.98 Å². The predicted molar refractivity (Wildman–Crippen MR) is 75.7 cm³/mol. The van der Waals surface area contributed by atoms with E-state index in [1.54, 1.807) is 6.20 Å². The van der Waals surface area contributed by atoms with Gasteiger partial charge < -0.3 is 15.2 Å². The van der Waals surface area contributed by atoms with Crippen LogP contribution in [0.25, 0.3) is 0 Å². The first-order valence-corrected chi connectivity index (χ1v) is 6.32. The highest BCUT2D eigenvalue weighted by molar-refractivity contribution is 5.51. The zero-order valence-electron chi connectivity index (χ0n) is 11.2. The summed E-state index contributed by atoms with van der Waals surface area (Å²) in [7, 11) is 0. The minimum atomic E-state index is 0.424. The van der Waals surface area contributed by atoms with E-state index in [4.69, 9.17) is 15.2 Å². The number of hydrogen-bond donors (Lipinski definition) is 1. The topological polar surface area (TPSA) is 57.4 Å². The van der Waals surface area contributed by atoms with E-state index in [2.05, 4.69) is 11.9 Å². The molecule has 0 bridgehead atoms. The Morgan fingerprint density at radius 2 is 1.84 bits per heavy atom. The van der Waals surface area contributed by atoms with Crippen molar-refractivity contribution in [3.8, 4) is 17.4 Å². The van der Waals surface area contributed by atoms with E-state index in [9.17, 15) is 0 Å². The molecule has 4 nitrogen and oxygen atoms in total. The molecule has 1 aromatic heterocycles. The zero-order valence-corrected chi connectivity index (χ0v) is 11.2. The Labute approximate surface area is 113 Å². The summed E-state index contributed by atoms with van der Waals surface area (Å²) in [5.41, 5.74) is 7.39. The van der Waals surface area contributed by atoms with E-state index >= 15 is 0 Å². The molecule has 2 N–H and O–H groups in total. The highest BCUT2D eigenvalue weighted by Crippen LogP contribution is 2.26. The first kappa shape index (κ1) is 13.2. The van der Waals surface area contributed by atoms with Crippen LogP contribution in [0.15, 0.2) is 36.5 Å². The van der Waals surface area contributed by atoms with Gasteiger partial charge in [-0.2, -0.15) is 0 Å². The van der Waals surface area contributed by atoms with Gasteiger partial charge in [0.25, 0.3) is 0 Å². The van der Waals surface area contributed by atoms with Crippen LogP contribution in [0, 0.1) is 6.92 Å². The largest absolute Gasteiger partial charge is 0.494 e. The second-order valence-corrected chi connectivity index (χ2v) is 4.33. The fourth-order valence-corrected chi connectivity index (χ4v) is 1.60. The molecule has 2 rings (SSSR count). The summed E-state index contributed by atoms with van der Waals surface area (Å²) in [4.78, 5) is 4.17. The summed E-state index contributed by atoms with van der Waals surface area (Å²) in [6.07, 6.45) is 2.71. The third-order valence-corrected chi connectivity index (χ3v) is 2.53. The van der Waals surface area contributed by atoms with E-state index in [0.717, 1.165) is 17.7 Å². The Kier molecular flexibility index (Phi) is 4.23. The number of hydrogen-bond acceptors (Lipinski definition) is 4. The Bertz CT molecular complexity index is 538. The molecule has 0 aliphatic carbocycles. The molecule has 0 aliphatic rings.